The van der Waals surface area contributed by atoms with Crippen LogP contribution in [0.4, 0.5) is 0 Å². The summed E-state index contributed by atoms with van der Waals surface area (Å²) in [5.41, 5.74) is 0. The first-order valence-corrected chi connectivity index (χ1v) is 4.94. The minimum absolute atomic E-state index is 0.0417. The minimum atomic E-state index is -3.32. The van der Waals surface area contributed by atoms with Crippen molar-refractivity contribution < 1.29 is 8.42 Å². The van der Waals surface area contributed by atoms with E-state index in [4.69, 9.17) is 5.14 Å². The zero-order valence-electron chi connectivity index (χ0n) is 6.37. The number of hydrogen-bond donors (Lipinski definition) is 1. The van der Waals surface area contributed by atoms with Crippen molar-refractivity contribution >= 4 is 10.0 Å². The lowest BCUT2D eigenvalue weighted by Crippen LogP contribution is -2.33. The lowest BCUT2D eigenvalue weighted by atomic mass is 10.6. The molecule has 0 heterocycles. The molecule has 0 amide bonds. The molecule has 0 saturated heterocycles. The molecule has 0 aromatic rings. The Hall–Kier alpha value is -0.130. The molecular weight excluding hydrogens is 152 g/mol. The molecule has 0 fully saturated rings. The quantitative estimate of drug-likeness (QED) is 0.616. The SMILES string of the molecule is CCN(CC)CS(N)(=O)=O. The molecule has 62 valence electrons. The zero-order valence-corrected chi connectivity index (χ0v) is 7.19. The molecular formula is C5H14N2O2S. The fourth-order valence-electron chi connectivity index (χ4n) is 0.661. The van der Waals surface area contributed by atoms with Crippen LogP contribution >= 0.6 is 0 Å². The predicted octanol–water partition coefficient (Wildman–Crippen LogP) is -0.426. The Morgan fingerprint density at radius 1 is 1.30 bits per heavy atom. The second kappa shape index (κ2) is 3.90. The lowest BCUT2D eigenvalue weighted by molar-refractivity contribution is 0.348. The Balaban J connectivity index is 3.87. The highest BCUT2D eigenvalue weighted by atomic mass is 32.2. The highest BCUT2D eigenvalue weighted by Crippen LogP contribution is 1.88. The van der Waals surface area contributed by atoms with Crippen LogP contribution in [0.3, 0.4) is 0 Å². The third-order valence-electron chi connectivity index (χ3n) is 1.26. The van der Waals surface area contributed by atoms with Crippen LogP contribution in [-0.2, 0) is 10.0 Å². The molecule has 0 atom stereocenters. The normalized spacial score (nSPS) is 12.4. The third kappa shape index (κ3) is 4.72. The van der Waals surface area contributed by atoms with Gasteiger partial charge in [0.05, 0.1) is 0 Å². The standard InChI is InChI=1S/C5H14N2O2S/c1-3-7(4-2)5-10(6,8)9/h3-5H2,1-2H3,(H2,6,8,9). The van der Waals surface area contributed by atoms with Gasteiger partial charge in [-0.15, -0.1) is 0 Å². The van der Waals surface area contributed by atoms with Crippen molar-refractivity contribution in [1.29, 1.82) is 0 Å². The molecule has 5 heteroatoms. The van der Waals surface area contributed by atoms with Gasteiger partial charge in [0.15, 0.2) is 0 Å². The van der Waals surface area contributed by atoms with E-state index in [0.29, 0.717) is 13.1 Å². The molecule has 2 N–H and O–H groups in total. The van der Waals surface area contributed by atoms with E-state index in [1.54, 1.807) is 4.90 Å². The maximum atomic E-state index is 10.5. The average molecular weight is 166 g/mol. The van der Waals surface area contributed by atoms with E-state index >= 15 is 0 Å². The van der Waals surface area contributed by atoms with Gasteiger partial charge in [0.1, 0.15) is 5.88 Å². The Kier molecular flexibility index (Phi) is 3.85. The number of hydrogen-bond acceptors (Lipinski definition) is 3. The largest absolute Gasteiger partial charge is 0.289 e. The van der Waals surface area contributed by atoms with Gasteiger partial charge in [-0.2, -0.15) is 0 Å². The highest BCUT2D eigenvalue weighted by Gasteiger charge is 2.07. The molecule has 0 aliphatic rings. The Morgan fingerprint density at radius 3 is 1.80 bits per heavy atom. The van der Waals surface area contributed by atoms with Crippen molar-refractivity contribution in [2.45, 2.75) is 13.8 Å². The van der Waals surface area contributed by atoms with Gasteiger partial charge < -0.3 is 0 Å². The van der Waals surface area contributed by atoms with E-state index < -0.39 is 10.0 Å². The summed E-state index contributed by atoms with van der Waals surface area (Å²) >= 11 is 0. The average Bonchev–Trinajstić information content (AvgIpc) is 1.81. The van der Waals surface area contributed by atoms with Gasteiger partial charge in [-0.05, 0) is 13.1 Å². The number of nitrogens with two attached hydrogens (primary N) is 1. The Morgan fingerprint density at radius 2 is 1.70 bits per heavy atom. The molecule has 0 radical (unpaired) electrons. The molecule has 0 spiro atoms. The Labute approximate surface area is 62.1 Å². The van der Waals surface area contributed by atoms with Gasteiger partial charge in [-0.3, -0.25) is 4.90 Å². The molecule has 0 unspecified atom stereocenters. The van der Waals surface area contributed by atoms with Crippen molar-refractivity contribution in [2.75, 3.05) is 19.0 Å². The molecule has 10 heavy (non-hydrogen) atoms. The van der Waals surface area contributed by atoms with Gasteiger partial charge in [-0.1, -0.05) is 13.8 Å². The second-order valence-corrected chi connectivity index (χ2v) is 3.68. The lowest BCUT2D eigenvalue weighted by Gasteiger charge is -2.15. The molecule has 4 nitrogen and oxygen atoms in total. The summed E-state index contributed by atoms with van der Waals surface area (Å²) in [5, 5.41) is 4.82. The second-order valence-electron chi connectivity index (χ2n) is 2.10. The molecule has 0 bridgehead atoms. The van der Waals surface area contributed by atoms with Crippen LogP contribution in [-0.4, -0.2) is 32.3 Å². The topological polar surface area (TPSA) is 63.4 Å². The highest BCUT2D eigenvalue weighted by molar-refractivity contribution is 7.89. The van der Waals surface area contributed by atoms with E-state index in [9.17, 15) is 8.42 Å². The van der Waals surface area contributed by atoms with Crippen molar-refractivity contribution in [3.8, 4) is 0 Å². The maximum Gasteiger partial charge on any atom is 0.222 e. The summed E-state index contributed by atoms with van der Waals surface area (Å²) in [7, 11) is -3.32. The van der Waals surface area contributed by atoms with Crippen LogP contribution in [0.15, 0.2) is 0 Å². The van der Waals surface area contributed by atoms with Crippen molar-refractivity contribution in [3.63, 3.8) is 0 Å². The zero-order chi connectivity index (χ0) is 8.20. The molecule has 0 aliphatic heterocycles. The molecule has 0 aromatic carbocycles. The maximum absolute atomic E-state index is 10.5. The van der Waals surface area contributed by atoms with Crippen LogP contribution in [0.25, 0.3) is 0 Å². The first-order chi connectivity index (χ1) is 4.49. The van der Waals surface area contributed by atoms with Crippen LogP contribution in [0.5, 0.6) is 0 Å². The molecule has 0 aromatic heterocycles. The number of nitrogens with zero attached hydrogens (tertiary/aromatic N) is 1. The van der Waals surface area contributed by atoms with Crippen LogP contribution in [0.2, 0.25) is 0 Å². The van der Waals surface area contributed by atoms with E-state index in [2.05, 4.69) is 0 Å². The fourth-order valence-corrected chi connectivity index (χ4v) is 1.53. The van der Waals surface area contributed by atoms with E-state index in [0.717, 1.165) is 0 Å². The van der Waals surface area contributed by atoms with Crippen LogP contribution in [0.1, 0.15) is 13.8 Å². The van der Waals surface area contributed by atoms with Gasteiger partial charge in [0.25, 0.3) is 0 Å². The van der Waals surface area contributed by atoms with Crippen molar-refractivity contribution in [3.05, 3.63) is 0 Å². The molecule has 0 aliphatic carbocycles. The van der Waals surface area contributed by atoms with Crippen molar-refractivity contribution in [1.82, 2.24) is 4.90 Å². The number of sulfonamides is 1. The summed E-state index contributed by atoms with van der Waals surface area (Å²) in [6.07, 6.45) is 0. The summed E-state index contributed by atoms with van der Waals surface area (Å²) in [5.74, 6) is -0.0417. The Bertz CT molecular complexity index is 172. The van der Waals surface area contributed by atoms with Crippen LogP contribution < -0.4 is 5.14 Å². The van der Waals surface area contributed by atoms with Gasteiger partial charge in [0.2, 0.25) is 10.0 Å². The van der Waals surface area contributed by atoms with E-state index in [1.165, 1.54) is 0 Å². The van der Waals surface area contributed by atoms with Gasteiger partial charge in [0, 0.05) is 0 Å². The smallest absolute Gasteiger partial charge is 0.222 e. The predicted molar refractivity (Wildman–Crippen MR) is 40.9 cm³/mol. The van der Waals surface area contributed by atoms with Crippen molar-refractivity contribution in [2.24, 2.45) is 5.14 Å². The summed E-state index contributed by atoms with van der Waals surface area (Å²) in [6, 6.07) is 0. The van der Waals surface area contributed by atoms with E-state index in [1.807, 2.05) is 13.8 Å². The fraction of sp³-hybridized carbons (Fsp3) is 1.00. The molecule has 0 saturated carbocycles. The first kappa shape index (κ1) is 9.87. The van der Waals surface area contributed by atoms with Gasteiger partial charge in [-0.25, -0.2) is 13.6 Å². The third-order valence-corrected chi connectivity index (χ3v) is 1.98. The van der Waals surface area contributed by atoms with E-state index in [-0.39, 0.29) is 5.88 Å². The summed E-state index contributed by atoms with van der Waals surface area (Å²) in [4.78, 5) is 1.75. The van der Waals surface area contributed by atoms with Gasteiger partial charge >= 0.3 is 0 Å². The monoisotopic (exact) mass is 166 g/mol. The summed E-state index contributed by atoms with van der Waals surface area (Å²) < 4.78 is 21.0. The number of primary sulfonamides is 1. The minimum Gasteiger partial charge on any atom is -0.289 e. The number of rotatable bonds is 4. The van der Waals surface area contributed by atoms with Crippen LogP contribution in [0, 0.1) is 0 Å². The first-order valence-electron chi connectivity index (χ1n) is 3.22. The summed E-state index contributed by atoms with van der Waals surface area (Å²) in [6.45, 7) is 5.23. The molecule has 0 rings (SSSR count).